The Bertz CT molecular complexity index is 1250. The van der Waals surface area contributed by atoms with E-state index in [-0.39, 0.29) is 45.9 Å². The second kappa shape index (κ2) is 10.3. The summed E-state index contributed by atoms with van der Waals surface area (Å²) in [5.74, 6) is -1.21. The SMILES string of the molecule is CC(C)Oc1ncc(-c2noc(-c3ccc(NCC4CCC(C(=O)O)C4)cc3C(F)(F)F)n2)cc1Cl. The molecule has 2 unspecified atom stereocenters. The Labute approximate surface area is 209 Å². The van der Waals surface area contributed by atoms with Gasteiger partial charge in [0.2, 0.25) is 11.7 Å². The molecule has 12 heteroatoms. The number of carboxylic acid groups (broad SMARTS) is 1. The van der Waals surface area contributed by atoms with Crippen molar-refractivity contribution in [2.45, 2.75) is 45.4 Å². The maximum atomic E-state index is 13.9. The molecule has 1 aliphatic rings. The Kier molecular flexibility index (Phi) is 7.39. The number of aliphatic carboxylic acids is 1. The first-order valence-electron chi connectivity index (χ1n) is 11.4. The molecule has 1 aliphatic carbocycles. The van der Waals surface area contributed by atoms with Gasteiger partial charge in [-0.2, -0.15) is 18.2 Å². The summed E-state index contributed by atoms with van der Waals surface area (Å²) in [5, 5.41) is 16.1. The molecule has 1 aromatic carbocycles. The van der Waals surface area contributed by atoms with Crippen LogP contribution >= 0.6 is 11.6 Å². The van der Waals surface area contributed by atoms with E-state index in [1.807, 2.05) is 13.8 Å². The Hall–Kier alpha value is -3.34. The molecular formula is C24H24ClF3N4O4. The lowest BCUT2D eigenvalue weighted by molar-refractivity contribution is -0.141. The number of alkyl halides is 3. The van der Waals surface area contributed by atoms with Gasteiger partial charge in [-0.1, -0.05) is 16.8 Å². The minimum Gasteiger partial charge on any atom is -0.481 e. The van der Waals surface area contributed by atoms with Crippen molar-refractivity contribution in [1.29, 1.82) is 0 Å². The average molecular weight is 525 g/mol. The highest BCUT2D eigenvalue weighted by Gasteiger charge is 2.36. The molecule has 0 radical (unpaired) electrons. The molecule has 0 bridgehead atoms. The Morgan fingerprint density at radius 2 is 2.08 bits per heavy atom. The summed E-state index contributed by atoms with van der Waals surface area (Å²) in [6.45, 7) is 4.02. The molecule has 4 rings (SSSR count). The lowest BCUT2D eigenvalue weighted by Gasteiger charge is -2.16. The summed E-state index contributed by atoms with van der Waals surface area (Å²) in [6, 6.07) is 5.24. The molecule has 2 aromatic heterocycles. The molecule has 192 valence electrons. The zero-order valence-corrected chi connectivity index (χ0v) is 20.2. The molecule has 0 amide bonds. The monoisotopic (exact) mass is 524 g/mol. The zero-order chi connectivity index (χ0) is 26.0. The number of carbonyl (C=O) groups is 1. The van der Waals surface area contributed by atoms with Crippen molar-refractivity contribution in [3.63, 3.8) is 0 Å². The van der Waals surface area contributed by atoms with Crippen LogP contribution in [0.15, 0.2) is 35.0 Å². The van der Waals surface area contributed by atoms with Crippen molar-refractivity contribution in [2.75, 3.05) is 11.9 Å². The number of nitrogens with zero attached hydrogens (tertiary/aromatic N) is 3. The highest BCUT2D eigenvalue weighted by molar-refractivity contribution is 6.32. The number of carboxylic acids is 1. The van der Waals surface area contributed by atoms with Crippen molar-refractivity contribution < 1.29 is 32.3 Å². The smallest absolute Gasteiger partial charge is 0.417 e. The van der Waals surface area contributed by atoms with Gasteiger partial charge in [0.05, 0.1) is 23.1 Å². The molecule has 0 aliphatic heterocycles. The number of hydrogen-bond donors (Lipinski definition) is 2. The first-order valence-corrected chi connectivity index (χ1v) is 11.7. The van der Waals surface area contributed by atoms with Gasteiger partial charge in [-0.25, -0.2) is 4.98 Å². The summed E-state index contributed by atoms with van der Waals surface area (Å²) in [5.41, 5.74) is -0.581. The number of ether oxygens (including phenoxy) is 1. The topological polar surface area (TPSA) is 110 Å². The standard InChI is InChI=1S/C24H24ClF3N4O4/c1-12(2)35-22-19(25)8-15(11-30-22)20-31-21(36-32-20)17-6-5-16(9-18(17)24(26,27)28)29-10-13-3-4-14(7-13)23(33)34/h5-6,8-9,11-14,29H,3-4,7,10H2,1-2H3,(H,33,34). The maximum absolute atomic E-state index is 13.9. The van der Waals surface area contributed by atoms with Crippen molar-refractivity contribution in [3.05, 3.63) is 41.0 Å². The fourth-order valence-corrected chi connectivity index (χ4v) is 4.34. The van der Waals surface area contributed by atoms with Crippen molar-refractivity contribution in [3.8, 4) is 28.7 Å². The Balaban J connectivity index is 1.54. The summed E-state index contributed by atoms with van der Waals surface area (Å²) in [4.78, 5) is 19.4. The number of anilines is 1. The average Bonchev–Trinajstić information content (AvgIpc) is 3.48. The van der Waals surface area contributed by atoms with Crippen LogP contribution in [-0.2, 0) is 11.0 Å². The van der Waals surface area contributed by atoms with Crippen molar-refractivity contribution >= 4 is 23.3 Å². The van der Waals surface area contributed by atoms with E-state index in [1.165, 1.54) is 24.4 Å². The highest BCUT2D eigenvalue weighted by Crippen LogP contribution is 2.39. The van der Waals surface area contributed by atoms with Crippen LogP contribution in [0.1, 0.15) is 38.7 Å². The summed E-state index contributed by atoms with van der Waals surface area (Å²) in [6.07, 6.45) is -1.64. The number of benzene rings is 1. The van der Waals surface area contributed by atoms with Crippen molar-refractivity contribution in [2.24, 2.45) is 11.8 Å². The third-order valence-electron chi connectivity index (χ3n) is 5.88. The van der Waals surface area contributed by atoms with E-state index in [0.29, 0.717) is 31.4 Å². The van der Waals surface area contributed by atoms with Gasteiger partial charge in [0.15, 0.2) is 0 Å². The lowest BCUT2D eigenvalue weighted by atomic mass is 10.0. The first-order chi connectivity index (χ1) is 17.0. The zero-order valence-electron chi connectivity index (χ0n) is 19.5. The van der Waals surface area contributed by atoms with Gasteiger partial charge in [-0.15, -0.1) is 0 Å². The second-order valence-electron chi connectivity index (χ2n) is 8.95. The van der Waals surface area contributed by atoms with E-state index in [2.05, 4.69) is 20.4 Å². The molecule has 36 heavy (non-hydrogen) atoms. The van der Waals surface area contributed by atoms with Crippen LogP contribution < -0.4 is 10.1 Å². The van der Waals surface area contributed by atoms with Crippen LogP contribution in [0.3, 0.4) is 0 Å². The minimum atomic E-state index is -4.68. The van der Waals surface area contributed by atoms with Crippen molar-refractivity contribution in [1.82, 2.24) is 15.1 Å². The van der Waals surface area contributed by atoms with Gasteiger partial charge in [0.25, 0.3) is 5.89 Å². The van der Waals surface area contributed by atoms with E-state index in [0.717, 1.165) is 6.07 Å². The minimum absolute atomic E-state index is 0.0278. The Morgan fingerprint density at radius 1 is 1.31 bits per heavy atom. The molecule has 3 aromatic rings. The van der Waals surface area contributed by atoms with Crippen LogP contribution in [0, 0.1) is 11.8 Å². The van der Waals surface area contributed by atoms with Crippen LogP contribution in [-0.4, -0.2) is 38.8 Å². The van der Waals surface area contributed by atoms with Crippen LogP contribution in [0.25, 0.3) is 22.8 Å². The fraction of sp³-hybridized carbons (Fsp3) is 0.417. The van der Waals surface area contributed by atoms with Crippen LogP contribution in [0.5, 0.6) is 5.88 Å². The van der Waals surface area contributed by atoms with E-state index < -0.39 is 23.6 Å². The first kappa shape index (κ1) is 25.7. The lowest BCUT2D eigenvalue weighted by Crippen LogP contribution is -2.15. The molecule has 2 atom stereocenters. The molecule has 2 N–H and O–H groups in total. The van der Waals surface area contributed by atoms with Crippen LogP contribution in [0.4, 0.5) is 18.9 Å². The van der Waals surface area contributed by atoms with Gasteiger partial charge in [-0.3, -0.25) is 4.79 Å². The van der Waals surface area contributed by atoms with Gasteiger partial charge >= 0.3 is 12.1 Å². The Morgan fingerprint density at radius 3 is 2.72 bits per heavy atom. The molecular weight excluding hydrogens is 501 g/mol. The number of nitrogens with one attached hydrogen (secondary N) is 1. The molecule has 0 saturated heterocycles. The van der Waals surface area contributed by atoms with Gasteiger partial charge in [0, 0.05) is 24.0 Å². The van der Waals surface area contributed by atoms with E-state index in [4.69, 9.17) is 26.0 Å². The second-order valence-corrected chi connectivity index (χ2v) is 9.36. The quantitative estimate of drug-likeness (QED) is 0.360. The molecule has 0 spiro atoms. The largest absolute Gasteiger partial charge is 0.481 e. The third kappa shape index (κ3) is 5.89. The summed E-state index contributed by atoms with van der Waals surface area (Å²) < 4.78 is 52.3. The molecule has 1 fully saturated rings. The predicted molar refractivity (Wildman–Crippen MR) is 126 cm³/mol. The number of halogens is 4. The molecule has 8 nitrogen and oxygen atoms in total. The summed E-state index contributed by atoms with van der Waals surface area (Å²) in [7, 11) is 0. The highest BCUT2D eigenvalue weighted by atomic mass is 35.5. The van der Waals surface area contributed by atoms with E-state index in [1.54, 1.807) is 0 Å². The summed E-state index contributed by atoms with van der Waals surface area (Å²) >= 11 is 6.19. The fourth-order valence-electron chi connectivity index (χ4n) is 4.13. The molecule has 1 saturated carbocycles. The van der Waals surface area contributed by atoms with E-state index in [9.17, 15) is 18.0 Å². The van der Waals surface area contributed by atoms with Gasteiger partial charge in [0.1, 0.15) is 5.02 Å². The number of pyridine rings is 1. The molecule has 2 heterocycles. The maximum Gasteiger partial charge on any atom is 0.417 e. The van der Waals surface area contributed by atoms with Crippen LogP contribution in [0.2, 0.25) is 5.02 Å². The van der Waals surface area contributed by atoms with Gasteiger partial charge < -0.3 is 19.7 Å². The number of hydrogen-bond acceptors (Lipinski definition) is 7. The van der Waals surface area contributed by atoms with E-state index >= 15 is 0 Å². The number of aromatic nitrogens is 3. The number of rotatable bonds is 8. The third-order valence-corrected chi connectivity index (χ3v) is 6.15. The predicted octanol–water partition coefficient (Wildman–Crippen LogP) is 6.17. The van der Waals surface area contributed by atoms with Gasteiger partial charge in [-0.05, 0) is 63.3 Å². The normalized spacial score (nSPS) is 18.0.